The molecule has 3 aromatic rings. The number of rotatable bonds is 4. The maximum atomic E-state index is 10.4. The number of aromatic nitrogens is 5. The summed E-state index contributed by atoms with van der Waals surface area (Å²) >= 11 is 3.38. The van der Waals surface area contributed by atoms with Gasteiger partial charge in [0.15, 0.2) is 5.82 Å². The molecule has 2 atom stereocenters. The lowest BCUT2D eigenvalue weighted by atomic mass is 10.0. The molecule has 0 bridgehead atoms. The first-order valence-corrected chi connectivity index (χ1v) is 7.17. The predicted octanol–water partition coefficient (Wildman–Crippen LogP) is 1.82. The minimum Gasteiger partial charge on any atom is -0.386 e. The summed E-state index contributed by atoms with van der Waals surface area (Å²) in [6.45, 7) is 1.88. The molecule has 1 aromatic carbocycles. The van der Waals surface area contributed by atoms with Crippen LogP contribution in [0.5, 0.6) is 0 Å². The second-order valence-electron chi connectivity index (χ2n) is 4.65. The maximum absolute atomic E-state index is 10.4. The largest absolute Gasteiger partial charge is 0.386 e. The minimum absolute atomic E-state index is 0.249. The molecule has 0 aliphatic heterocycles. The molecule has 0 aliphatic rings. The van der Waals surface area contributed by atoms with Crippen molar-refractivity contribution in [1.82, 2.24) is 25.0 Å². The molecule has 0 saturated carbocycles. The molecule has 2 N–H and O–H groups in total. The Kier molecular flexibility index (Phi) is 3.80. The molecule has 0 spiro atoms. The third kappa shape index (κ3) is 2.86. The molecule has 2 aromatic heterocycles. The van der Waals surface area contributed by atoms with Gasteiger partial charge in [-0.05, 0) is 35.0 Å². The van der Waals surface area contributed by atoms with Gasteiger partial charge in [0.25, 0.3) is 0 Å². The number of hydrogen-bond acceptors (Lipinski definition) is 6. The van der Waals surface area contributed by atoms with Gasteiger partial charge in [-0.3, -0.25) is 0 Å². The summed E-state index contributed by atoms with van der Waals surface area (Å²) in [5.74, 6) is 0.533. The number of nitrogens with zero attached hydrogens (tertiary/aromatic N) is 5. The van der Waals surface area contributed by atoms with Crippen molar-refractivity contribution in [2.45, 2.75) is 19.1 Å². The maximum Gasteiger partial charge on any atom is 0.221 e. The Labute approximate surface area is 129 Å². The van der Waals surface area contributed by atoms with Crippen LogP contribution in [-0.4, -0.2) is 36.2 Å². The Bertz CT molecular complexity index is 744. The van der Waals surface area contributed by atoms with Crippen molar-refractivity contribution >= 4 is 27.4 Å². The SMILES string of the molecule is C[C@@H](Nc1nccn2nnnc12)[C@@H](O)c1ccc(Br)cc1. The third-order valence-electron chi connectivity index (χ3n) is 3.17. The first-order valence-electron chi connectivity index (χ1n) is 6.38. The zero-order chi connectivity index (χ0) is 14.8. The molecule has 21 heavy (non-hydrogen) atoms. The molecule has 3 rings (SSSR count). The summed E-state index contributed by atoms with van der Waals surface area (Å²) in [5, 5.41) is 24.9. The van der Waals surface area contributed by atoms with Crippen LogP contribution in [0.3, 0.4) is 0 Å². The van der Waals surface area contributed by atoms with Crippen LogP contribution in [0.25, 0.3) is 5.65 Å². The zero-order valence-corrected chi connectivity index (χ0v) is 12.8. The highest BCUT2D eigenvalue weighted by molar-refractivity contribution is 9.10. The van der Waals surface area contributed by atoms with Gasteiger partial charge in [0, 0.05) is 10.7 Å². The van der Waals surface area contributed by atoms with Crippen molar-refractivity contribution in [2.75, 3.05) is 5.32 Å². The van der Waals surface area contributed by atoms with Gasteiger partial charge in [0.1, 0.15) is 0 Å². The second kappa shape index (κ2) is 5.74. The van der Waals surface area contributed by atoms with Gasteiger partial charge in [0.2, 0.25) is 5.65 Å². The quantitative estimate of drug-likeness (QED) is 0.747. The highest BCUT2D eigenvalue weighted by Crippen LogP contribution is 2.22. The summed E-state index contributed by atoms with van der Waals surface area (Å²) in [4.78, 5) is 4.22. The summed E-state index contributed by atoms with van der Waals surface area (Å²) in [7, 11) is 0. The third-order valence-corrected chi connectivity index (χ3v) is 3.69. The molecule has 0 saturated heterocycles. The molecule has 108 valence electrons. The van der Waals surface area contributed by atoms with Crippen molar-refractivity contribution in [2.24, 2.45) is 0 Å². The average Bonchev–Trinajstić information content (AvgIpc) is 2.97. The molecular formula is C13H13BrN6O. The van der Waals surface area contributed by atoms with E-state index < -0.39 is 6.10 Å². The standard InChI is InChI=1S/C13H13BrN6O/c1-8(11(21)9-2-4-10(14)5-3-9)16-12-13-17-18-19-20(13)7-6-15-12/h2-8,11,21H,1H3,(H,15,16)/t8-,11-/m1/s1. The molecule has 2 heterocycles. The van der Waals surface area contributed by atoms with Gasteiger partial charge in [-0.2, -0.15) is 4.52 Å². The number of halogens is 1. The lowest BCUT2D eigenvalue weighted by Crippen LogP contribution is -2.25. The lowest BCUT2D eigenvalue weighted by molar-refractivity contribution is 0.160. The number of aliphatic hydroxyl groups is 1. The summed E-state index contributed by atoms with van der Waals surface area (Å²) in [5.41, 5.74) is 1.34. The number of benzene rings is 1. The van der Waals surface area contributed by atoms with E-state index in [1.807, 2.05) is 31.2 Å². The van der Waals surface area contributed by atoms with E-state index >= 15 is 0 Å². The molecule has 0 aliphatic carbocycles. The summed E-state index contributed by atoms with van der Waals surface area (Å²) in [6, 6.07) is 7.29. The molecule has 0 fully saturated rings. The topological polar surface area (TPSA) is 88.2 Å². The van der Waals surface area contributed by atoms with Crippen LogP contribution >= 0.6 is 15.9 Å². The number of hydrogen-bond donors (Lipinski definition) is 2. The second-order valence-corrected chi connectivity index (χ2v) is 5.57. The number of anilines is 1. The van der Waals surface area contributed by atoms with E-state index in [-0.39, 0.29) is 6.04 Å². The van der Waals surface area contributed by atoms with Crippen LogP contribution in [0.15, 0.2) is 41.1 Å². The van der Waals surface area contributed by atoms with Crippen LogP contribution in [0.4, 0.5) is 5.82 Å². The van der Waals surface area contributed by atoms with Gasteiger partial charge >= 0.3 is 0 Å². The highest BCUT2D eigenvalue weighted by atomic mass is 79.9. The molecule has 0 unspecified atom stereocenters. The van der Waals surface area contributed by atoms with E-state index in [1.54, 1.807) is 12.4 Å². The number of fused-ring (bicyclic) bond motifs is 1. The molecular weight excluding hydrogens is 336 g/mol. The fraction of sp³-hybridized carbons (Fsp3) is 0.231. The van der Waals surface area contributed by atoms with Crippen molar-refractivity contribution in [1.29, 1.82) is 0 Å². The first-order chi connectivity index (χ1) is 10.1. The van der Waals surface area contributed by atoms with E-state index in [9.17, 15) is 5.11 Å². The molecule has 0 amide bonds. The van der Waals surface area contributed by atoms with E-state index in [0.717, 1.165) is 10.0 Å². The Morgan fingerprint density at radius 3 is 2.81 bits per heavy atom. The van der Waals surface area contributed by atoms with E-state index in [1.165, 1.54) is 4.52 Å². The van der Waals surface area contributed by atoms with Crippen molar-refractivity contribution in [3.8, 4) is 0 Å². The molecule has 8 heteroatoms. The summed E-state index contributed by atoms with van der Waals surface area (Å²) in [6.07, 6.45) is 2.59. The Morgan fingerprint density at radius 1 is 1.29 bits per heavy atom. The van der Waals surface area contributed by atoms with Gasteiger partial charge in [-0.1, -0.05) is 28.1 Å². The Balaban J connectivity index is 1.81. The van der Waals surface area contributed by atoms with Crippen LogP contribution in [0, 0.1) is 0 Å². The van der Waals surface area contributed by atoms with Crippen molar-refractivity contribution < 1.29 is 5.11 Å². The Hall–Kier alpha value is -2.06. The number of tetrazole rings is 1. The first kappa shape index (κ1) is 13.9. The smallest absolute Gasteiger partial charge is 0.221 e. The number of aliphatic hydroxyl groups excluding tert-OH is 1. The van der Waals surface area contributed by atoms with Crippen LogP contribution in [0.2, 0.25) is 0 Å². The van der Waals surface area contributed by atoms with Gasteiger partial charge in [-0.25, -0.2) is 4.98 Å². The van der Waals surface area contributed by atoms with Crippen LogP contribution < -0.4 is 5.32 Å². The van der Waals surface area contributed by atoms with Crippen molar-refractivity contribution in [3.05, 3.63) is 46.7 Å². The van der Waals surface area contributed by atoms with E-state index in [4.69, 9.17) is 0 Å². The normalized spacial score (nSPS) is 14.0. The highest BCUT2D eigenvalue weighted by Gasteiger charge is 2.18. The molecule has 7 nitrogen and oxygen atoms in total. The van der Waals surface area contributed by atoms with E-state index in [0.29, 0.717) is 11.5 Å². The fourth-order valence-electron chi connectivity index (χ4n) is 2.02. The van der Waals surface area contributed by atoms with E-state index in [2.05, 4.69) is 41.8 Å². The van der Waals surface area contributed by atoms with Gasteiger partial charge < -0.3 is 10.4 Å². The number of nitrogens with one attached hydrogen (secondary N) is 1. The van der Waals surface area contributed by atoms with Crippen LogP contribution in [0.1, 0.15) is 18.6 Å². The van der Waals surface area contributed by atoms with Crippen molar-refractivity contribution in [3.63, 3.8) is 0 Å². The fourth-order valence-corrected chi connectivity index (χ4v) is 2.29. The average molecular weight is 349 g/mol. The van der Waals surface area contributed by atoms with Crippen LogP contribution in [-0.2, 0) is 0 Å². The predicted molar refractivity (Wildman–Crippen MR) is 80.8 cm³/mol. The Morgan fingerprint density at radius 2 is 2.05 bits per heavy atom. The lowest BCUT2D eigenvalue weighted by Gasteiger charge is -2.21. The zero-order valence-electron chi connectivity index (χ0n) is 11.2. The summed E-state index contributed by atoms with van der Waals surface area (Å²) < 4.78 is 2.49. The minimum atomic E-state index is -0.670. The van der Waals surface area contributed by atoms with Gasteiger partial charge in [0.05, 0.1) is 18.3 Å². The molecule has 0 radical (unpaired) electrons. The van der Waals surface area contributed by atoms with Gasteiger partial charge in [-0.15, -0.1) is 5.10 Å². The monoisotopic (exact) mass is 348 g/mol.